The van der Waals surface area contributed by atoms with Crippen molar-refractivity contribution >= 4 is 0 Å². The largest absolute Gasteiger partial charge is 0.377 e. The average Bonchev–Trinajstić information content (AvgIpc) is 2.90. The summed E-state index contributed by atoms with van der Waals surface area (Å²) in [5.74, 6) is 0. The van der Waals surface area contributed by atoms with Crippen molar-refractivity contribution in [1.82, 2.24) is 0 Å². The fraction of sp³-hybridized carbons (Fsp3) is 1.00. The smallest absolute Gasteiger partial charge is 0.0701 e. The predicted octanol–water partition coefficient (Wildman–Crippen LogP) is 2.32. The first-order valence-corrected chi connectivity index (χ1v) is 5.19. The van der Waals surface area contributed by atoms with E-state index in [1.165, 1.54) is 38.5 Å². The fourth-order valence-corrected chi connectivity index (χ4v) is 0.925. The first-order chi connectivity index (χ1) is 5.91. The Morgan fingerprint density at radius 2 is 1.50 bits per heavy atom. The third-order valence-electron chi connectivity index (χ3n) is 1.76. The van der Waals surface area contributed by atoms with Gasteiger partial charge in [0.2, 0.25) is 0 Å². The Balaban J connectivity index is 0.000000330. The van der Waals surface area contributed by atoms with Crippen LogP contribution in [0.4, 0.5) is 0 Å². The highest BCUT2D eigenvalue weighted by Crippen LogP contribution is 2.03. The Morgan fingerprint density at radius 1 is 1.00 bits per heavy atom. The summed E-state index contributed by atoms with van der Waals surface area (Å²) in [5.41, 5.74) is 5.34. The van der Waals surface area contributed by atoms with E-state index < -0.39 is 0 Å². The second-order valence-corrected chi connectivity index (χ2v) is 3.17. The van der Waals surface area contributed by atoms with Crippen LogP contribution in [0.2, 0.25) is 0 Å². The van der Waals surface area contributed by atoms with Crippen LogP contribution in [0.1, 0.15) is 45.4 Å². The van der Waals surface area contributed by atoms with Gasteiger partial charge in [0.05, 0.1) is 13.2 Å². The van der Waals surface area contributed by atoms with Crippen molar-refractivity contribution in [3.8, 4) is 0 Å². The highest BCUT2D eigenvalue weighted by Gasteiger charge is 1.94. The lowest BCUT2D eigenvalue weighted by molar-refractivity contribution is 0.475. The van der Waals surface area contributed by atoms with Gasteiger partial charge in [0.1, 0.15) is 0 Å². The molecule has 0 aromatic carbocycles. The van der Waals surface area contributed by atoms with Crippen molar-refractivity contribution in [1.29, 1.82) is 0 Å². The van der Waals surface area contributed by atoms with Crippen LogP contribution in [0.5, 0.6) is 0 Å². The summed E-state index contributed by atoms with van der Waals surface area (Å²) in [7, 11) is 0. The zero-order valence-corrected chi connectivity index (χ0v) is 8.35. The zero-order chi connectivity index (χ0) is 9.07. The SMILES string of the molecule is C1CO1.CCCCCCCCN. The third kappa shape index (κ3) is 16.5. The van der Waals surface area contributed by atoms with Crippen LogP contribution in [0, 0.1) is 0 Å². The molecule has 0 spiro atoms. The van der Waals surface area contributed by atoms with Crippen LogP contribution in [0.15, 0.2) is 0 Å². The minimum absolute atomic E-state index is 0.867. The summed E-state index contributed by atoms with van der Waals surface area (Å²) in [6, 6.07) is 0. The van der Waals surface area contributed by atoms with Crippen LogP contribution in [0.25, 0.3) is 0 Å². The molecule has 1 aliphatic heterocycles. The number of ether oxygens (including phenoxy) is 1. The lowest BCUT2D eigenvalue weighted by atomic mass is 10.1. The van der Waals surface area contributed by atoms with E-state index in [1.807, 2.05) is 0 Å². The number of nitrogens with two attached hydrogens (primary N) is 1. The fourth-order valence-electron chi connectivity index (χ4n) is 0.925. The Labute approximate surface area is 76.5 Å². The topological polar surface area (TPSA) is 38.5 Å². The van der Waals surface area contributed by atoms with E-state index in [2.05, 4.69) is 11.7 Å². The molecule has 1 fully saturated rings. The molecule has 0 aliphatic carbocycles. The maximum absolute atomic E-state index is 5.34. The van der Waals surface area contributed by atoms with E-state index in [4.69, 9.17) is 5.73 Å². The van der Waals surface area contributed by atoms with E-state index in [1.54, 1.807) is 0 Å². The molecule has 0 radical (unpaired) electrons. The first kappa shape index (κ1) is 11.9. The van der Waals surface area contributed by atoms with Crippen molar-refractivity contribution in [2.75, 3.05) is 19.8 Å². The maximum Gasteiger partial charge on any atom is 0.0701 e. The van der Waals surface area contributed by atoms with Crippen LogP contribution in [0.3, 0.4) is 0 Å². The Bertz CT molecular complexity index is 65.5. The lowest BCUT2D eigenvalue weighted by Gasteiger charge is -1.96. The zero-order valence-electron chi connectivity index (χ0n) is 8.35. The molecule has 0 saturated carbocycles. The summed E-state index contributed by atoms with van der Waals surface area (Å²) >= 11 is 0. The van der Waals surface area contributed by atoms with Gasteiger partial charge in [0.25, 0.3) is 0 Å². The van der Waals surface area contributed by atoms with E-state index in [-0.39, 0.29) is 0 Å². The Kier molecular flexibility index (Phi) is 10.8. The van der Waals surface area contributed by atoms with Gasteiger partial charge in [-0.05, 0) is 13.0 Å². The van der Waals surface area contributed by atoms with E-state index in [9.17, 15) is 0 Å². The number of hydrogen-bond acceptors (Lipinski definition) is 2. The predicted molar refractivity (Wildman–Crippen MR) is 53.2 cm³/mol. The molecule has 1 heterocycles. The highest BCUT2D eigenvalue weighted by molar-refractivity contribution is 4.43. The molecule has 1 rings (SSSR count). The van der Waals surface area contributed by atoms with Gasteiger partial charge >= 0.3 is 0 Å². The van der Waals surface area contributed by atoms with Crippen molar-refractivity contribution in [2.45, 2.75) is 45.4 Å². The van der Waals surface area contributed by atoms with Gasteiger partial charge in [0.15, 0.2) is 0 Å². The molecule has 12 heavy (non-hydrogen) atoms. The third-order valence-corrected chi connectivity index (χ3v) is 1.76. The van der Waals surface area contributed by atoms with Crippen LogP contribution < -0.4 is 5.73 Å². The molecule has 2 nitrogen and oxygen atoms in total. The monoisotopic (exact) mass is 173 g/mol. The summed E-state index contributed by atoms with van der Waals surface area (Å²) in [6.07, 6.45) is 8.05. The Hall–Kier alpha value is -0.0800. The van der Waals surface area contributed by atoms with Crippen LogP contribution in [-0.2, 0) is 4.74 Å². The van der Waals surface area contributed by atoms with Gasteiger partial charge in [-0.3, -0.25) is 0 Å². The molecule has 0 amide bonds. The summed E-state index contributed by atoms with van der Waals surface area (Å²) < 4.78 is 4.50. The van der Waals surface area contributed by atoms with E-state index in [0.717, 1.165) is 19.8 Å². The van der Waals surface area contributed by atoms with Crippen LogP contribution >= 0.6 is 0 Å². The molecular weight excluding hydrogens is 150 g/mol. The van der Waals surface area contributed by atoms with Gasteiger partial charge in [0, 0.05) is 0 Å². The van der Waals surface area contributed by atoms with Gasteiger partial charge in [-0.1, -0.05) is 39.0 Å². The minimum Gasteiger partial charge on any atom is -0.377 e. The van der Waals surface area contributed by atoms with E-state index >= 15 is 0 Å². The second kappa shape index (κ2) is 10.9. The number of unbranched alkanes of at least 4 members (excludes halogenated alkanes) is 5. The lowest BCUT2D eigenvalue weighted by Crippen LogP contribution is -1.97. The molecule has 74 valence electrons. The number of epoxide rings is 1. The molecule has 1 aliphatic rings. The minimum atomic E-state index is 0.867. The molecular formula is C10H23NO. The highest BCUT2D eigenvalue weighted by atomic mass is 16.6. The van der Waals surface area contributed by atoms with Crippen molar-refractivity contribution in [2.24, 2.45) is 5.73 Å². The van der Waals surface area contributed by atoms with Crippen molar-refractivity contribution < 1.29 is 4.74 Å². The summed E-state index contributed by atoms with van der Waals surface area (Å²) in [5, 5.41) is 0. The van der Waals surface area contributed by atoms with Gasteiger partial charge in [-0.25, -0.2) is 0 Å². The van der Waals surface area contributed by atoms with E-state index in [0.29, 0.717) is 0 Å². The van der Waals surface area contributed by atoms with Gasteiger partial charge in [-0.2, -0.15) is 0 Å². The number of hydrogen-bond donors (Lipinski definition) is 1. The van der Waals surface area contributed by atoms with Gasteiger partial charge < -0.3 is 10.5 Å². The molecule has 2 heteroatoms. The average molecular weight is 173 g/mol. The van der Waals surface area contributed by atoms with Crippen molar-refractivity contribution in [3.05, 3.63) is 0 Å². The first-order valence-electron chi connectivity index (χ1n) is 5.19. The normalized spacial score (nSPS) is 13.5. The molecule has 0 aromatic heterocycles. The molecule has 0 atom stereocenters. The maximum atomic E-state index is 5.34. The molecule has 0 unspecified atom stereocenters. The second-order valence-electron chi connectivity index (χ2n) is 3.17. The molecule has 2 N–H and O–H groups in total. The molecule has 0 aromatic rings. The standard InChI is InChI=1S/C8H19N.C2H4O/c1-2-3-4-5-6-7-8-9;1-2-3-1/h2-9H2,1H3;1-2H2. The molecule has 1 saturated heterocycles. The Morgan fingerprint density at radius 3 is 1.92 bits per heavy atom. The number of rotatable bonds is 6. The quantitative estimate of drug-likeness (QED) is 0.494. The molecule has 0 bridgehead atoms. The van der Waals surface area contributed by atoms with Crippen molar-refractivity contribution in [3.63, 3.8) is 0 Å². The summed E-state index contributed by atoms with van der Waals surface area (Å²) in [4.78, 5) is 0. The van der Waals surface area contributed by atoms with Gasteiger partial charge in [-0.15, -0.1) is 0 Å². The van der Waals surface area contributed by atoms with Crippen LogP contribution in [-0.4, -0.2) is 19.8 Å². The summed E-state index contributed by atoms with van der Waals surface area (Å²) in [6.45, 7) is 5.11.